The topological polar surface area (TPSA) is 65.8 Å². The molecule has 2 aromatic carbocycles. The van der Waals surface area contributed by atoms with Crippen LogP contribution in [0.3, 0.4) is 0 Å². The number of carbonyl (C=O) groups is 2. The molecule has 0 bridgehead atoms. The number of carbonyl (C=O) groups excluding carboxylic acids is 2. The Hall–Kier alpha value is -3.28. The van der Waals surface area contributed by atoms with Crippen molar-refractivity contribution in [1.29, 1.82) is 0 Å². The minimum Gasteiger partial charge on any atom is -0.459 e. The molecule has 0 aliphatic rings. The lowest BCUT2D eigenvalue weighted by molar-refractivity contribution is -0.133. The van der Waals surface area contributed by atoms with E-state index < -0.39 is 0 Å². The number of nitrogens with one attached hydrogen (secondary N) is 1. The Labute approximate surface area is 177 Å². The van der Waals surface area contributed by atoms with E-state index in [-0.39, 0.29) is 24.4 Å². The van der Waals surface area contributed by atoms with Crippen LogP contribution in [0.2, 0.25) is 0 Å². The molecule has 0 spiro atoms. The van der Waals surface area contributed by atoms with E-state index in [1.54, 1.807) is 16.8 Å². The third-order valence-electron chi connectivity index (χ3n) is 5.21. The number of para-hydroxylation sites is 1. The lowest BCUT2D eigenvalue weighted by Gasteiger charge is -2.27. The van der Waals surface area contributed by atoms with Crippen molar-refractivity contribution in [1.82, 2.24) is 15.1 Å². The van der Waals surface area contributed by atoms with Crippen LogP contribution in [0.15, 0.2) is 65.1 Å². The van der Waals surface area contributed by atoms with Crippen LogP contribution < -0.4 is 5.32 Å². The molecule has 1 N–H and O–H groups in total. The Balaban J connectivity index is 1.51. The highest BCUT2D eigenvalue weighted by Gasteiger charge is 2.23. The molecule has 0 saturated carbocycles. The number of furan rings is 1. The van der Waals surface area contributed by atoms with Gasteiger partial charge in [0.15, 0.2) is 0 Å². The van der Waals surface area contributed by atoms with E-state index in [2.05, 4.69) is 5.32 Å². The Bertz CT molecular complexity index is 951. The maximum Gasteiger partial charge on any atom is 0.317 e. The number of hydrogen-bond acceptors (Lipinski definition) is 3. The van der Waals surface area contributed by atoms with Crippen LogP contribution in [0.1, 0.15) is 37.6 Å². The summed E-state index contributed by atoms with van der Waals surface area (Å²) in [6.07, 6.45) is 0.239. The lowest BCUT2D eigenvalue weighted by atomic mass is 10.1. The minimum atomic E-state index is -0.194. The Morgan fingerprint density at radius 3 is 2.47 bits per heavy atom. The van der Waals surface area contributed by atoms with E-state index in [1.165, 1.54) is 0 Å². The van der Waals surface area contributed by atoms with Crippen molar-refractivity contribution in [3.63, 3.8) is 0 Å². The standard InChI is InChI=1S/C24H29N3O3/c1-4-27(18(2)22-16-20-12-8-9-13-21(20)30-22)23(28)14-15-25-24(29)26(3)17-19-10-6-5-7-11-19/h5-13,16,18H,4,14-15,17H2,1-3H3,(H,25,29). The van der Waals surface area contributed by atoms with Gasteiger partial charge >= 0.3 is 6.03 Å². The molecule has 3 aromatic rings. The number of benzene rings is 2. The fraction of sp³-hybridized carbons (Fsp3) is 0.333. The molecular weight excluding hydrogens is 378 g/mol. The summed E-state index contributed by atoms with van der Waals surface area (Å²) in [4.78, 5) is 28.4. The molecule has 0 saturated heterocycles. The van der Waals surface area contributed by atoms with Gasteiger partial charge in [0.25, 0.3) is 0 Å². The summed E-state index contributed by atoms with van der Waals surface area (Å²) >= 11 is 0. The average molecular weight is 408 g/mol. The Morgan fingerprint density at radius 2 is 1.77 bits per heavy atom. The molecule has 6 heteroatoms. The van der Waals surface area contributed by atoms with Gasteiger partial charge in [0.05, 0.1) is 6.04 Å². The van der Waals surface area contributed by atoms with Crippen molar-refractivity contribution in [2.24, 2.45) is 0 Å². The predicted octanol–water partition coefficient (Wildman–Crippen LogP) is 4.57. The van der Waals surface area contributed by atoms with Gasteiger partial charge < -0.3 is 19.5 Å². The first-order chi connectivity index (χ1) is 14.5. The van der Waals surface area contributed by atoms with Crippen LogP contribution in [-0.4, -0.2) is 41.9 Å². The number of rotatable bonds is 8. The summed E-state index contributed by atoms with van der Waals surface area (Å²) in [5, 5.41) is 3.85. The first-order valence-electron chi connectivity index (χ1n) is 10.3. The Morgan fingerprint density at radius 1 is 1.07 bits per heavy atom. The molecule has 0 aliphatic carbocycles. The number of hydrogen-bond donors (Lipinski definition) is 1. The van der Waals surface area contributed by atoms with Crippen molar-refractivity contribution in [3.05, 3.63) is 72.0 Å². The molecule has 3 rings (SSSR count). The second kappa shape index (κ2) is 9.96. The summed E-state index contributed by atoms with van der Waals surface area (Å²) in [6, 6.07) is 19.2. The summed E-state index contributed by atoms with van der Waals surface area (Å²) in [7, 11) is 1.74. The molecule has 1 heterocycles. The van der Waals surface area contributed by atoms with Gasteiger partial charge in [-0.15, -0.1) is 0 Å². The molecule has 6 nitrogen and oxygen atoms in total. The summed E-state index contributed by atoms with van der Waals surface area (Å²) in [5.74, 6) is 0.745. The van der Waals surface area contributed by atoms with Crippen LogP contribution in [0.25, 0.3) is 11.0 Å². The summed E-state index contributed by atoms with van der Waals surface area (Å²) in [5.41, 5.74) is 1.87. The first-order valence-corrected chi connectivity index (χ1v) is 10.3. The zero-order valence-electron chi connectivity index (χ0n) is 17.8. The van der Waals surface area contributed by atoms with Crippen LogP contribution in [0.5, 0.6) is 0 Å². The van der Waals surface area contributed by atoms with Crippen molar-refractivity contribution < 1.29 is 14.0 Å². The molecule has 0 fully saturated rings. The van der Waals surface area contributed by atoms with Gasteiger partial charge in [-0.25, -0.2) is 4.79 Å². The predicted molar refractivity (Wildman–Crippen MR) is 118 cm³/mol. The highest BCUT2D eigenvalue weighted by molar-refractivity contribution is 5.80. The summed E-state index contributed by atoms with van der Waals surface area (Å²) < 4.78 is 5.92. The number of urea groups is 1. The molecule has 1 aromatic heterocycles. The smallest absolute Gasteiger partial charge is 0.317 e. The monoisotopic (exact) mass is 407 g/mol. The van der Waals surface area contributed by atoms with Crippen molar-refractivity contribution >= 4 is 22.9 Å². The van der Waals surface area contributed by atoms with E-state index in [1.807, 2.05) is 74.5 Å². The molecular formula is C24H29N3O3. The van der Waals surface area contributed by atoms with Crippen molar-refractivity contribution in [2.45, 2.75) is 32.9 Å². The van der Waals surface area contributed by atoms with Gasteiger partial charge in [-0.2, -0.15) is 0 Å². The lowest BCUT2D eigenvalue weighted by Crippen LogP contribution is -2.40. The van der Waals surface area contributed by atoms with E-state index in [9.17, 15) is 9.59 Å². The molecule has 1 atom stereocenters. The third-order valence-corrected chi connectivity index (χ3v) is 5.21. The van der Waals surface area contributed by atoms with Crippen molar-refractivity contribution in [2.75, 3.05) is 20.1 Å². The second-order valence-electron chi connectivity index (χ2n) is 7.37. The SMILES string of the molecule is CCN(C(=O)CCNC(=O)N(C)Cc1ccccc1)C(C)c1cc2ccccc2o1. The van der Waals surface area contributed by atoms with Gasteiger partial charge in [-0.05, 0) is 31.5 Å². The first kappa shape index (κ1) is 21.4. The van der Waals surface area contributed by atoms with Gasteiger partial charge in [-0.1, -0.05) is 48.5 Å². The molecule has 0 radical (unpaired) electrons. The van der Waals surface area contributed by atoms with E-state index >= 15 is 0 Å². The fourth-order valence-electron chi connectivity index (χ4n) is 3.51. The molecule has 0 aliphatic heterocycles. The molecule has 158 valence electrons. The van der Waals surface area contributed by atoms with Crippen LogP contribution in [-0.2, 0) is 11.3 Å². The maximum atomic E-state index is 12.8. The molecule has 3 amide bonds. The van der Waals surface area contributed by atoms with E-state index in [0.29, 0.717) is 19.6 Å². The van der Waals surface area contributed by atoms with E-state index in [4.69, 9.17) is 4.42 Å². The van der Waals surface area contributed by atoms with Gasteiger partial charge in [0.1, 0.15) is 11.3 Å². The van der Waals surface area contributed by atoms with Gasteiger partial charge in [-0.3, -0.25) is 4.79 Å². The van der Waals surface area contributed by atoms with Crippen molar-refractivity contribution in [3.8, 4) is 0 Å². The minimum absolute atomic E-state index is 0.0172. The zero-order chi connectivity index (χ0) is 21.5. The zero-order valence-corrected chi connectivity index (χ0v) is 17.8. The number of nitrogens with zero attached hydrogens (tertiary/aromatic N) is 2. The normalized spacial score (nSPS) is 11.8. The Kier molecular flexibility index (Phi) is 7.12. The van der Waals surface area contributed by atoms with Gasteiger partial charge in [0.2, 0.25) is 5.91 Å². The van der Waals surface area contributed by atoms with Crippen LogP contribution >= 0.6 is 0 Å². The highest BCUT2D eigenvalue weighted by Crippen LogP contribution is 2.27. The van der Waals surface area contributed by atoms with Crippen LogP contribution in [0.4, 0.5) is 4.79 Å². The fourth-order valence-corrected chi connectivity index (χ4v) is 3.51. The average Bonchev–Trinajstić information content (AvgIpc) is 3.19. The maximum absolute atomic E-state index is 12.8. The second-order valence-corrected chi connectivity index (χ2v) is 7.37. The third kappa shape index (κ3) is 5.20. The summed E-state index contributed by atoms with van der Waals surface area (Å²) in [6.45, 7) is 5.29. The molecule has 1 unspecified atom stereocenters. The largest absolute Gasteiger partial charge is 0.459 e. The quantitative estimate of drug-likeness (QED) is 0.595. The number of amides is 3. The number of fused-ring (bicyclic) bond motifs is 1. The molecule has 30 heavy (non-hydrogen) atoms. The highest BCUT2D eigenvalue weighted by atomic mass is 16.3. The van der Waals surface area contributed by atoms with Gasteiger partial charge in [0, 0.05) is 38.5 Å². The van der Waals surface area contributed by atoms with E-state index in [0.717, 1.165) is 22.3 Å². The van der Waals surface area contributed by atoms with Crippen LogP contribution in [0, 0.1) is 0 Å².